The number of ether oxygens (including phenoxy) is 2. The van der Waals surface area contributed by atoms with Gasteiger partial charge in [-0.3, -0.25) is 0 Å². The largest absolute Gasteiger partial charge is 0.452 e. The molecule has 2 rings (SSSR count). The molecular formula is C8H10N2O2. The molecule has 0 amide bonds. The zero-order chi connectivity index (χ0) is 8.39. The zero-order valence-electron chi connectivity index (χ0n) is 6.83. The van der Waals surface area contributed by atoms with Crippen LogP contribution in [0.2, 0.25) is 0 Å². The molecular weight excluding hydrogens is 156 g/mol. The first-order valence-electron chi connectivity index (χ1n) is 3.79. The Labute approximate surface area is 70.5 Å². The molecule has 0 spiro atoms. The summed E-state index contributed by atoms with van der Waals surface area (Å²) in [7, 11) is 1.89. The molecule has 0 unspecified atom stereocenters. The topological polar surface area (TPSA) is 43.4 Å². The van der Waals surface area contributed by atoms with Crippen LogP contribution in [-0.4, -0.2) is 18.8 Å². The van der Waals surface area contributed by atoms with E-state index < -0.39 is 0 Å². The van der Waals surface area contributed by atoms with Crippen molar-refractivity contribution in [2.75, 3.05) is 13.8 Å². The first kappa shape index (κ1) is 7.36. The second kappa shape index (κ2) is 2.98. The van der Waals surface area contributed by atoms with Crippen molar-refractivity contribution >= 4 is 0 Å². The SMILES string of the molecule is CNCc1cnc2c(c1)OCO2. The zero-order valence-corrected chi connectivity index (χ0v) is 6.83. The predicted octanol–water partition coefficient (Wildman–Crippen LogP) is 0.530. The van der Waals surface area contributed by atoms with Crippen LogP contribution >= 0.6 is 0 Å². The molecule has 0 aliphatic carbocycles. The fourth-order valence-electron chi connectivity index (χ4n) is 1.13. The summed E-state index contributed by atoms with van der Waals surface area (Å²) < 4.78 is 10.3. The Morgan fingerprint density at radius 1 is 1.58 bits per heavy atom. The average molecular weight is 166 g/mol. The predicted molar refractivity (Wildman–Crippen MR) is 43.1 cm³/mol. The number of hydrogen-bond donors (Lipinski definition) is 1. The van der Waals surface area contributed by atoms with Crippen LogP contribution in [-0.2, 0) is 6.54 Å². The van der Waals surface area contributed by atoms with Crippen LogP contribution in [0.25, 0.3) is 0 Å². The lowest BCUT2D eigenvalue weighted by Gasteiger charge is -1.99. The molecule has 0 saturated heterocycles. The molecule has 12 heavy (non-hydrogen) atoms. The van der Waals surface area contributed by atoms with E-state index in [-0.39, 0.29) is 6.79 Å². The molecule has 0 aromatic carbocycles. The van der Waals surface area contributed by atoms with Crippen LogP contribution in [0.1, 0.15) is 5.56 Å². The summed E-state index contributed by atoms with van der Waals surface area (Å²) in [6.07, 6.45) is 1.78. The fraction of sp³-hybridized carbons (Fsp3) is 0.375. The Morgan fingerprint density at radius 2 is 2.50 bits per heavy atom. The third kappa shape index (κ3) is 1.21. The number of nitrogens with zero attached hydrogens (tertiary/aromatic N) is 1. The van der Waals surface area contributed by atoms with E-state index in [1.54, 1.807) is 6.20 Å². The number of hydrogen-bond acceptors (Lipinski definition) is 4. The molecule has 1 aromatic rings. The highest BCUT2D eigenvalue weighted by Crippen LogP contribution is 2.29. The van der Waals surface area contributed by atoms with E-state index in [0.717, 1.165) is 17.9 Å². The molecule has 1 aliphatic heterocycles. The second-order valence-electron chi connectivity index (χ2n) is 2.58. The molecule has 1 aromatic heterocycles. The van der Waals surface area contributed by atoms with Gasteiger partial charge in [-0.15, -0.1) is 0 Å². The first-order chi connectivity index (χ1) is 5.90. The van der Waals surface area contributed by atoms with Crippen LogP contribution in [0.5, 0.6) is 11.6 Å². The van der Waals surface area contributed by atoms with E-state index in [9.17, 15) is 0 Å². The minimum atomic E-state index is 0.283. The Bertz CT molecular complexity index is 288. The van der Waals surface area contributed by atoms with Crippen LogP contribution in [0.4, 0.5) is 0 Å². The van der Waals surface area contributed by atoms with Gasteiger partial charge >= 0.3 is 0 Å². The maximum absolute atomic E-state index is 5.17. The molecule has 64 valence electrons. The van der Waals surface area contributed by atoms with Gasteiger partial charge in [0.1, 0.15) is 0 Å². The molecule has 0 fully saturated rings. The Balaban J connectivity index is 2.26. The van der Waals surface area contributed by atoms with Crippen LogP contribution in [0.15, 0.2) is 12.3 Å². The highest BCUT2D eigenvalue weighted by atomic mass is 16.7. The molecule has 2 heterocycles. The van der Waals surface area contributed by atoms with Crippen LogP contribution in [0.3, 0.4) is 0 Å². The minimum absolute atomic E-state index is 0.283. The van der Waals surface area contributed by atoms with Gasteiger partial charge in [-0.25, -0.2) is 4.98 Å². The van der Waals surface area contributed by atoms with Gasteiger partial charge in [0.25, 0.3) is 5.88 Å². The summed E-state index contributed by atoms with van der Waals surface area (Å²) in [5, 5.41) is 3.04. The average Bonchev–Trinajstić information content (AvgIpc) is 2.51. The lowest BCUT2D eigenvalue weighted by Crippen LogP contribution is -2.04. The molecule has 0 atom stereocenters. The Kier molecular flexibility index (Phi) is 1.83. The van der Waals surface area contributed by atoms with Gasteiger partial charge < -0.3 is 14.8 Å². The summed E-state index contributed by atoms with van der Waals surface area (Å²) in [6, 6.07) is 1.94. The standard InChI is InChI=1S/C8H10N2O2/c1-9-3-6-2-7-8(10-4-6)12-5-11-7/h2,4,9H,3,5H2,1H3. The number of nitrogens with one attached hydrogen (secondary N) is 1. The molecule has 4 nitrogen and oxygen atoms in total. The highest BCUT2D eigenvalue weighted by Gasteiger charge is 2.14. The molecule has 0 saturated carbocycles. The quantitative estimate of drug-likeness (QED) is 0.696. The minimum Gasteiger partial charge on any atom is -0.452 e. The summed E-state index contributed by atoms with van der Waals surface area (Å²) in [5.41, 5.74) is 1.10. The van der Waals surface area contributed by atoms with Gasteiger partial charge in [-0.1, -0.05) is 0 Å². The van der Waals surface area contributed by atoms with Gasteiger partial charge in [0.2, 0.25) is 6.79 Å². The van der Waals surface area contributed by atoms with Crippen molar-refractivity contribution in [2.24, 2.45) is 0 Å². The second-order valence-corrected chi connectivity index (χ2v) is 2.58. The Hall–Kier alpha value is -1.29. The smallest absolute Gasteiger partial charge is 0.260 e. The molecule has 1 N–H and O–H groups in total. The number of aromatic nitrogens is 1. The van der Waals surface area contributed by atoms with Crippen molar-refractivity contribution in [3.05, 3.63) is 17.8 Å². The summed E-state index contributed by atoms with van der Waals surface area (Å²) in [6.45, 7) is 1.08. The maximum Gasteiger partial charge on any atom is 0.260 e. The number of fused-ring (bicyclic) bond motifs is 1. The van der Waals surface area contributed by atoms with Crippen molar-refractivity contribution in [3.63, 3.8) is 0 Å². The van der Waals surface area contributed by atoms with Crippen LogP contribution in [0, 0.1) is 0 Å². The van der Waals surface area contributed by atoms with E-state index >= 15 is 0 Å². The van der Waals surface area contributed by atoms with Gasteiger partial charge in [-0.2, -0.15) is 0 Å². The molecule has 1 aliphatic rings. The van der Waals surface area contributed by atoms with Gasteiger partial charge in [0.05, 0.1) is 0 Å². The third-order valence-corrected chi connectivity index (χ3v) is 1.67. The van der Waals surface area contributed by atoms with Crippen molar-refractivity contribution in [3.8, 4) is 11.6 Å². The summed E-state index contributed by atoms with van der Waals surface area (Å²) in [5.74, 6) is 1.33. The normalized spacial score (nSPS) is 13.4. The van der Waals surface area contributed by atoms with Crippen molar-refractivity contribution < 1.29 is 9.47 Å². The lowest BCUT2D eigenvalue weighted by molar-refractivity contribution is 0.171. The number of pyridine rings is 1. The van der Waals surface area contributed by atoms with Crippen molar-refractivity contribution in [2.45, 2.75) is 6.54 Å². The van der Waals surface area contributed by atoms with E-state index in [1.165, 1.54) is 0 Å². The van der Waals surface area contributed by atoms with Crippen molar-refractivity contribution in [1.82, 2.24) is 10.3 Å². The van der Waals surface area contributed by atoms with E-state index in [4.69, 9.17) is 9.47 Å². The van der Waals surface area contributed by atoms with E-state index in [1.807, 2.05) is 13.1 Å². The van der Waals surface area contributed by atoms with E-state index in [2.05, 4.69) is 10.3 Å². The Morgan fingerprint density at radius 3 is 3.33 bits per heavy atom. The van der Waals surface area contributed by atoms with Gasteiger partial charge in [0, 0.05) is 12.7 Å². The lowest BCUT2D eigenvalue weighted by atomic mass is 10.3. The highest BCUT2D eigenvalue weighted by molar-refractivity contribution is 5.37. The summed E-state index contributed by atoms with van der Waals surface area (Å²) >= 11 is 0. The fourth-order valence-corrected chi connectivity index (χ4v) is 1.13. The molecule has 0 radical (unpaired) electrons. The summed E-state index contributed by atoms with van der Waals surface area (Å²) in [4.78, 5) is 4.09. The van der Waals surface area contributed by atoms with Crippen molar-refractivity contribution in [1.29, 1.82) is 0 Å². The third-order valence-electron chi connectivity index (χ3n) is 1.67. The van der Waals surface area contributed by atoms with E-state index in [0.29, 0.717) is 5.88 Å². The number of rotatable bonds is 2. The molecule has 0 bridgehead atoms. The first-order valence-corrected chi connectivity index (χ1v) is 3.79. The van der Waals surface area contributed by atoms with Gasteiger partial charge in [-0.05, 0) is 18.7 Å². The maximum atomic E-state index is 5.17. The molecule has 4 heteroatoms. The van der Waals surface area contributed by atoms with Gasteiger partial charge in [0.15, 0.2) is 5.75 Å². The monoisotopic (exact) mass is 166 g/mol. The van der Waals surface area contributed by atoms with Crippen LogP contribution < -0.4 is 14.8 Å².